The van der Waals surface area contributed by atoms with Crippen LogP contribution in [0.1, 0.15) is 25.8 Å². The van der Waals surface area contributed by atoms with E-state index in [1.54, 1.807) is 16.4 Å². The fourth-order valence-corrected chi connectivity index (χ4v) is 5.11. The first kappa shape index (κ1) is 16.4. The van der Waals surface area contributed by atoms with E-state index in [4.69, 9.17) is 0 Å². The van der Waals surface area contributed by atoms with E-state index < -0.39 is 10.0 Å². The van der Waals surface area contributed by atoms with Crippen LogP contribution in [0.4, 0.5) is 0 Å². The zero-order chi connectivity index (χ0) is 16.8. The number of hydrogen-bond acceptors (Lipinski definition) is 3. The van der Waals surface area contributed by atoms with E-state index >= 15 is 0 Å². The second kappa shape index (κ2) is 5.58. The summed E-state index contributed by atoms with van der Waals surface area (Å²) in [5.74, 6) is 0. The Morgan fingerprint density at radius 3 is 2.48 bits per heavy atom. The monoisotopic (exact) mass is 333 g/mol. The van der Waals surface area contributed by atoms with Gasteiger partial charge in [-0.05, 0) is 49.1 Å². The minimum absolute atomic E-state index is 0.0100. The fraction of sp³-hybridized carbons (Fsp3) is 0.444. The predicted molar refractivity (Wildman–Crippen MR) is 90.5 cm³/mol. The van der Waals surface area contributed by atoms with Gasteiger partial charge in [0, 0.05) is 18.5 Å². The van der Waals surface area contributed by atoms with Gasteiger partial charge in [-0.1, -0.05) is 30.7 Å². The summed E-state index contributed by atoms with van der Waals surface area (Å²) < 4.78 is 27.4. The molecule has 0 saturated carbocycles. The molecule has 1 aromatic carbocycles. The average molecular weight is 333 g/mol. The van der Waals surface area contributed by atoms with Crippen molar-refractivity contribution in [1.29, 1.82) is 0 Å². The Morgan fingerprint density at radius 2 is 1.87 bits per heavy atom. The molecule has 0 aromatic heterocycles. The molecule has 23 heavy (non-hydrogen) atoms. The smallest absolute Gasteiger partial charge is 0.243 e. The summed E-state index contributed by atoms with van der Waals surface area (Å²) >= 11 is 0. The molecule has 0 radical (unpaired) electrons. The molecule has 0 bridgehead atoms. The predicted octanol–water partition coefficient (Wildman–Crippen LogP) is 2.64. The second-order valence-corrected chi connectivity index (χ2v) is 8.78. The molecule has 2 aliphatic rings. The van der Waals surface area contributed by atoms with E-state index in [0.29, 0.717) is 18.0 Å². The molecule has 1 unspecified atom stereocenters. The van der Waals surface area contributed by atoms with E-state index in [-0.39, 0.29) is 12.0 Å². The van der Waals surface area contributed by atoms with E-state index in [1.165, 1.54) is 0 Å². The molecule has 0 spiro atoms. The number of allylic oxidation sites excluding steroid dienone is 1. The number of nitrogens with zero attached hydrogens (tertiary/aromatic N) is 1. The molecule has 1 saturated heterocycles. The Labute approximate surface area is 138 Å². The highest BCUT2D eigenvalue weighted by Gasteiger charge is 2.45. The highest BCUT2D eigenvalue weighted by molar-refractivity contribution is 7.89. The number of aliphatic hydroxyl groups excluding tert-OH is 1. The van der Waals surface area contributed by atoms with Crippen molar-refractivity contribution in [2.24, 2.45) is 5.41 Å². The van der Waals surface area contributed by atoms with Gasteiger partial charge in [0.05, 0.1) is 11.5 Å². The van der Waals surface area contributed by atoms with Crippen LogP contribution in [0.15, 0.2) is 52.0 Å². The van der Waals surface area contributed by atoms with E-state index in [9.17, 15) is 13.5 Å². The zero-order valence-corrected chi connectivity index (χ0v) is 14.7. The van der Waals surface area contributed by atoms with Crippen LogP contribution >= 0.6 is 0 Å². The first-order valence-electron chi connectivity index (χ1n) is 7.85. The van der Waals surface area contributed by atoms with Gasteiger partial charge in [0.1, 0.15) is 0 Å². The lowest BCUT2D eigenvalue weighted by Gasteiger charge is -2.30. The third kappa shape index (κ3) is 2.67. The third-order valence-corrected chi connectivity index (χ3v) is 6.96. The minimum atomic E-state index is -3.49. The quantitative estimate of drug-likeness (QED) is 0.925. The van der Waals surface area contributed by atoms with Gasteiger partial charge >= 0.3 is 0 Å². The lowest BCUT2D eigenvalue weighted by Crippen LogP contribution is -2.31. The average Bonchev–Trinajstić information content (AvgIpc) is 2.87. The van der Waals surface area contributed by atoms with Gasteiger partial charge in [-0.3, -0.25) is 0 Å². The number of hydrogen-bond donors (Lipinski definition) is 1. The fourth-order valence-electron chi connectivity index (χ4n) is 3.57. The standard InChI is InChI=1S/C18H23NO3S/c1-13-4-6-16(7-5-13)23(21,22)19-10-17-14(2)15(11-20)8-9-18(17,3)12-19/h4-8,20H,9-12H2,1-3H3. The lowest BCUT2D eigenvalue weighted by atomic mass is 9.74. The van der Waals surface area contributed by atoms with Crippen molar-refractivity contribution in [3.05, 3.63) is 52.6 Å². The maximum atomic E-state index is 12.9. The van der Waals surface area contributed by atoms with Crippen molar-refractivity contribution in [3.63, 3.8) is 0 Å². The highest BCUT2D eigenvalue weighted by atomic mass is 32.2. The van der Waals surface area contributed by atoms with Gasteiger partial charge < -0.3 is 5.11 Å². The molecule has 4 nitrogen and oxygen atoms in total. The summed E-state index contributed by atoms with van der Waals surface area (Å²) in [4.78, 5) is 0.346. The Morgan fingerprint density at radius 1 is 1.22 bits per heavy atom. The van der Waals surface area contributed by atoms with Crippen LogP contribution in [-0.2, 0) is 10.0 Å². The van der Waals surface area contributed by atoms with Gasteiger partial charge in [-0.15, -0.1) is 0 Å². The zero-order valence-electron chi connectivity index (χ0n) is 13.8. The maximum absolute atomic E-state index is 12.9. The van der Waals surface area contributed by atoms with Gasteiger partial charge in [-0.25, -0.2) is 8.42 Å². The number of rotatable bonds is 3. The summed E-state index contributed by atoms with van der Waals surface area (Å²) in [7, 11) is -3.49. The normalized spacial score (nSPS) is 25.5. The van der Waals surface area contributed by atoms with Crippen LogP contribution in [0, 0.1) is 12.3 Å². The highest BCUT2D eigenvalue weighted by Crippen LogP contribution is 2.46. The molecule has 1 heterocycles. The van der Waals surface area contributed by atoms with Crippen LogP contribution < -0.4 is 0 Å². The molecular weight excluding hydrogens is 310 g/mol. The van der Waals surface area contributed by atoms with Crippen LogP contribution in [0.25, 0.3) is 0 Å². The van der Waals surface area contributed by atoms with Crippen molar-refractivity contribution in [2.75, 3.05) is 19.7 Å². The molecule has 3 rings (SSSR count). The Kier molecular flexibility index (Phi) is 3.99. The minimum Gasteiger partial charge on any atom is -0.392 e. The summed E-state index contributed by atoms with van der Waals surface area (Å²) in [6.45, 7) is 6.95. The lowest BCUT2D eigenvalue weighted by molar-refractivity contribution is 0.325. The first-order chi connectivity index (χ1) is 10.8. The van der Waals surface area contributed by atoms with Crippen LogP contribution in [0.5, 0.6) is 0 Å². The number of sulfonamides is 1. The summed E-state index contributed by atoms with van der Waals surface area (Å²) in [6.07, 6.45) is 2.82. The Hall–Kier alpha value is -1.43. The molecule has 0 amide bonds. The number of aliphatic hydroxyl groups is 1. The number of fused-ring (bicyclic) bond motifs is 1. The SMILES string of the molecule is CC1=C2CN(S(=O)(=O)c3ccc(C)cc3)CC2(C)CC=C1CO. The molecule has 1 atom stereocenters. The van der Waals surface area contributed by atoms with Crippen molar-refractivity contribution < 1.29 is 13.5 Å². The molecule has 124 valence electrons. The summed E-state index contributed by atoms with van der Waals surface area (Å²) in [5, 5.41) is 9.46. The van der Waals surface area contributed by atoms with Crippen molar-refractivity contribution >= 4 is 10.0 Å². The molecule has 1 fully saturated rings. The van der Waals surface area contributed by atoms with Crippen LogP contribution in [-0.4, -0.2) is 37.5 Å². The molecule has 5 heteroatoms. The number of benzene rings is 1. The van der Waals surface area contributed by atoms with Gasteiger partial charge in [0.25, 0.3) is 0 Å². The van der Waals surface area contributed by atoms with E-state index in [0.717, 1.165) is 28.7 Å². The third-order valence-electron chi connectivity index (χ3n) is 5.15. The van der Waals surface area contributed by atoms with Crippen LogP contribution in [0.3, 0.4) is 0 Å². The van der Waals surface area contributed by atoms with E-state index in [2.05, 4.69) is 6.92 Å². The van der Waals surface area contributed by atoms with Gasteiger partial charge in [-0.2, -0.15) is 4.31 Å². The van der Waals surface area contributed by atoms with Gasteiger partial charge in [0.2, 0.25) is 10.0 Å². The largest absolute Gasteiger partial charge is 0.392 e. The van der Waals surface area contributed by atoms with Crippen molar-refractivity contribution in [3.8, 4) is 0 Å². The maximum Gasteiger partial charge on any atom is 0.243 e. The van der Waals surface area contributed by atoms with Crippen molar-refractivity contribution in [2.45, 2.75) is 32.1 Å². The molecule has 1 aliphatic carbocycles. The molecular formula is C18H23NO3S. The van der Waals surface area contributed by atoms with Crippen molar-refractivity contribution in [1.82, 2.24) is 4.31 Å². The molecule has 1 aliphatic heterocycles. The van der Waals surface area contributed by atoms with Crippen LogP contribution in [0.2, 0.25) is 0 Å². The number of aryl methyl sites for hydroxylation is 1. The second-order valence-electron chi connectivity index (χ2n) is 6.84. The topological polar surface area (TPSA) is 57.6 Å². The summed E-state index contributed by atoms with van der Waals surface area (Å²) in [6, 6.07) is 7.00. The van der Waals surface area contributed by atoms with Gasteiger partial charge in [0.15, 0.2) is 0 Å². The molecule has 1 aromatic rings. The Balaban J connectivity index is 1.96. The van der Waals surface area contributed by atoms with E-state index in [1.807, 2.05) is 32.1 Å². The summed E-state index contributed by atoms with van der Waals surface area (Å²) in [5.41, 5.74) is 3.98. The first-order valence-corrected chi connectivity index (χ1v) is 9.29. The molecule has 1 N–H and O–H groups in total. The Bertz CT molecular complexity index is 790.